The Morgan fingerprint density at radius 1 is 1.18 bits per heavy atom. The quantitative estimate of drug-likeness (QED) is 0.740. The van der Waals surface area contributed by atoms with Crippen LogP contribution in [0.25, 0.3) is 16.8 Å². The van der Waals surface area contributed by atoms with E-state index in [2.05, 4.69) is 15.0 Å². The molecule has 0 saturated carbocycles. The highest BCUT2D eigenvalue weighted by molar-refractivity contribution is 5.80. The molecule has 9 nitrogen and oxygen atoms in total. The summed E-state index contributed by atoms with van der Waals surface area (Å²) < 4.78 is 7.57. The summed E-state index contributed by atoms with van der Waals surface area (Å²) in [4.78, 5) is 23.8. The predicted octanol–water partition coefficient (Wildman–Crippen LogP) is 2.38. The highest BCUT2D eigenvalue weighted by Gasteiger charge is 2.22. The number of nitrogens with zero attached hydrogens (tertiary/aromatic N) is 6. The standard InChI is InChI=1S/C19H22N6O3/c1-13(2)28-18-14(4-3-6-20-18)15-12-21-25-7-5-16(22-17(15)25)23-8-10-24(11-9-23)19(26)27/h3-7,12-13H,8-11H2,1-2H3,(H,26,27). The van der Waals surface area contributed by atoms with Gasteiger partial charge in [-0.05, 0) is 32.0 Å². The van der Waals surface area contributed by atoms with Crippen LogP contribution in [-0.2, 0) is 0 Å². The van der Waals surface area contributed by atoms with Crippen LogP contribution in [0.2, 0.25) is 0 Å². The summed E-state index contributed by atoms with van der Waals surface area (Å²) in [6, 6.07) is 5.71. The number of fused-ring (bicyclic) bond motifs is 1. The van der Waals surface area contributed by atoms with Crippen LogP contribution in [0.1, 0.15) is 13.8 Å². The number of hydrogen-bond donors (Lipinski definition) is 1. The molecule has 0 unspecified atom stereocenters. The van der Waals surface area contributed by atoms with E-state index in [-0.39, 0.29) is 6.10 Å². The minimum Gasteiger partial charge on any atom is -0.475 e. The van der Waals surface area contributed by atoms with Gasteiger partial charge in [-0.2, -0.15) is 5.10 Å². The summed E-state index contributed by atoms with van der Waals surface area (Å²) in [6.07, 6.45) is 4.45. The van der Waals surface area contributed by atoms with E-state index in [1.54, 1.807) is 16.9 Å². The Morgan fingerprint density at radius 2 is 1.96 bits per heavy atom. The fourth-order valence-corrected chi connectivity index (χ4v) is 3.27. The Kier molecular flexibility index (Phi) is 4.72. The van der Waals surface area contributed by atoms with E-state index in [4.69, 9.17) is 14.8 Å². The number of aromatic nitrogens is 4. The van der Waals surface area contributed by atoms with E-state index in [1.807, 2.05) is 38.2 Å². The van der Waals surface area contributed by atoms with Crippen LogP contribution in [0, 0.1) is 0 Å². The van der Waals surface area contributed by atoms with Crippen LogP contribution in [0.4, 0.5) is 10.6 Å². The molecule has 28 heavy (non-hydrogen) atoms. The second-order valence-corrected chi connectivity index (χ2v) is 6.89. The Hall–Kier alpha value is -3.36. The van der Waals surface area contributed by atoms with Crippen molar-refractivity contribution >= 4 is 17.6 Å². The number of pyridine rings is 1. The van der Waals surface area contributed by atoms with Gasteiger partial charge in [-0.15, -0.1) is 0 Å². The van der Waals surface area contributed by atoms with Gasteiger partial charge in [0, 0.05) is 44.1 Å². The zero-order chi connectivity index (χ0) is 19.7. The summed E-state index contributed by atoms with van der Waals surface area (Å²) in [5, 5.41) is 13.5. The van der Waals surface area contributed by atoms with E-state index >= 15 is 0 Å². The lowest BCUT2D eigenvalue weighted by Crippen LogP contribution is -2.48. The number of amides is 1. The van der Waals surface area contributed by atoms with Gasteiger partial charge >= 0.3 is 6.09 Å². The van der Waals surface area contributed by atoms with Crippen LogP contribution in [0.5, 0.6) is 5.88 Å². The lowest BCUT2D eigenvalue weighted by molar-refractivity contribution is 0.142. The van der Waals surface area contributed by atoms with Gasteiger partial charge in [-0.3, -0.25) is 0 Å². The minimum atomic E-state index is -0.879. The normalized spacial score (nSPS) is 14.7. The van der Waals surface area contributed by atoms with Gasteiger partial charge < -0.3 is 19.6 Å². The summed E-state index contributed by atoms with van der Waals surface area (Å²) in [5.74, 6) is 1.35. The molecule has 0 atom stereocenters. The Labute approximate surface area is 162 Å². The SMILES string of the molecule is CC(C)Oc1ncccc1-c1cnn2ccc(N3CCN(C(=O)O)CC3)nc12. The number of anilines is 1. The van der Waals surface area contributed by atoms with E-state index < -0.39 is 6.09 Å². The third-order valence-electron chi connectivity index (χ3n) is 4.64. The average molecular weight is 382 g/mol. The highest BCUT2D eigenvalue weighted by Crippen LogP contribution is 2.31. The molecule has 4 rings (SSSR count). The molecule has 1 aliphatic heterocycles. The molecule has 1 amide bonds. The fourth-order valence-electron chi connectivity index (χ4n) is 3.27. The maximum absolute atomic E-state index is 11.1. The zero-order valence-corrected chi connectivity index (χ0v) is 15.8. The maximum Gasteiger partial charge on any atom is 0.407 e. The van der Waals surface area contributed by atoms with Crippen LogP contribution in [0.3, 0.4) is 0 Å². The third-order valence-corrected chi connectivity index (χ3v) is 4.64. The molecule has 146 valence electrons. The molecule has 0 spiro atoms. The number of hydrogen-bond acceptors (Lipinski definition) is 6. The Bertz CT molecular complexity index is 994. The molecule has 1 fully saturated rings. The van der Waals surface area contributed by atoms with E-state index in [0.717, 1.165) is 16.9 Å². The predicted molar refractivity (Wildman–Crippen MR) is 104 cm³/mol. The van der Waals surface area contributed by atoms with Crippen LogP contribution in [0.15, 0.2) is 36.8 Å². The molecule has 0 bridgehead atoms. The smallest absolute Gasteiger partial charge is 0.407 e. The zero-order valence-electron chi connectivity index (χ0n) is 15.8. The summed E-state index contributed by atoms with van der Waals surface area (Å²) in [7, 11) is 0. The topological polar surface area (TPSA) is 96.1 Å². The molecule has 1 saturated heterocycles. The first-order valence-electron chi connectivity index (χ1n) is 9.22. The first-order valence-corrected chi connectivity index (χ1v) is 9.22. The number of piperazine rings is 1. The molecule has 4 heterocycles. The first kappa shape index (κ1) is 18.0. The average Bonchev–Trinajstić information content (AvgIpc) is 3.11. The Balaban J connectivity index is 1.67. The number of ether oxygens (including phenoxy) is 1. The van der Waals surface area contributed by atoms with Crippen molar-refractivity contribution in [3.63, 3.8) is 0 Å². The van der Waals surface area contributed by atoms with Crippen molar-refractivity contribution in [1.29, 1.82) is 0 Å². The second-order valence-electron chi connectivity index (χ2n) is 6.89. The van der Waals surface area contributed by atoms with Gasteiger partial charge in [0.05, 0.1) is 17.9 Å². The van der Waals surface area contributed by atoms with Crippen molar-refractivity contribution in [3.8, 4) is 17.0 Å². The minimum absolute atomic E-state index is 0.00420. The molecule has 3 aromatic rings. The molecular formula is C19H22N6O3. The molecule has 1 N–H and O–H groups in total. The van der Waals surface area contributed by atoms with Crippen molar-refractivity contribution in [1.82, 2.24) is 24.5 Å². The summed E-state index contributed by atoms with van der Waals surface area (Å²) in [6.45, 7) is 6.05. The fraction of sp³-hybridized carbons (Fsp3) is 0.368. The van der Waals surface area contributed by atoms with E-state index in [1.165, 1.54) is 4.90 Å². The van der Waals surface area contributed by atoms with Crippen molar-refractivity contribution in [2.45, 2.75) is 20.0 Å². The lowest BCUT2D eigenvalue weighted by atomic mass is 10.1. The molecular weight excluding hydrogens is 360 g/mol. The Morgan fingerprint density at radius 3 is 2.68 bits per heavy atom. The number of rotatable bonds is 4. The molecule has 3 aromatic heterocycles. The number of carbonyl (C=O) groups is 1. The molecule has 9 heteroatoms. The van der Waals surface area contributed by atoms with Crippen molar-refractivity contribution in [3.05, 3.63) is 36.8 Å². The van der Waals surface area contributed by atoms with Crippen molar-refractivity contribution in [2.75, 3.05) is 31.1 Å². The van der Waals surface area contributed by atoms with Crippen LogP contribution in [-0.4, -0.2) is 68.0 Å². The molecule has 0 aromatic carbocycles. The van der Waals surface area contributed by atoms with E-state index in [9.17, 15) is 4.79 Å². The highest BCUT2D eigenvalue weighted by atomic mass is 16.5. The van der Waals surface area contributed by atoms with Gasteiger partial charge in [-0.1, -0.05) is 0 Å². The molecule has 0 aliphatic carbocycles. The summed E-state index contributed by atoms with van der Waals surface area (Å²) in [5.41, 5.74) is 2.39. The molecule has 1 aliphatic rings. The van der Waals surface area contributed by atoms with Crippen molar-refractivity contribution < 1.29 is 14.6 Å². The van der Waals surface area contributed by atoms with Crippen LogP contribution >= 0.6 is 0 Å². The van der Waals surface area contributed by atoms with Gasteiger partial charge in [0.25, 0.3) is 0 Å². The largest absolute Gasteiger partial charge is 0.475 e. The van der Waals surface area contributed by atoms with Crippen LogP contribution < -0.4 is 9.64 Å². The second kappa shape index (κ2) is 7.34. The summed E-state index contributed by atoms with van der Waals surface area (Å²) >= 11 is 0. The van der Waals surface area contributed by atoms with Gasteiger partial charge in [0.15, 0.2) is 5.65 Å². The van der Waals surface area contributed by atoms with Gasteiger partial charge in [-0.25, -0.2) is 19.3 Å². The molecule has 0 radical (unpaired) electrons. The maximum atomic E-state index is 11.1. The van der Waals surface area contributed by atoms with Crippen molar-refractivity contribution in [2.24, 2.45) is 0 Å². The van der Waals surface area contributed by atoms with E-state index in [0.29, 0.717) is 37.7 Å². The van der Waals surface area contributed by atoms with Gasteiger partial charge in [0.1, 0.15) is 5.82 Å². The third kappa shape index (κ3) is 3.42. The van der Waals surface area contributed by atoms with Gasteiger partial charge in [0.2, 0.25) is 5.88 Å². The number of carboxylic acid groups (broad SMARTS) is 1. The lowest BCUT2D eigenvalue weighted by Gasteiger charge is -2.33. The first-order chi connectivity index (χ1) is 13.5. The monoisotopic (exact) mass is 382 g/mol.